The minimum atomic E-state index is -0.492. The third kappa shape index (κ3) is 4.34. The fourth-order valence-corrected chi connectivity index (χ4v) is 3.95. The number of nitro benzene ring substituents is 1. The van der Waals surface area contributed by atoms with E-state index in [1.807, 2.05) is 48.7 Å². The van der Waals surface area contributed by atoms with E-state index in [1.165, 1.54) is 12.1 Å². The highest BCUT2D eigenvalue weighted by Gasteiger charge is 2.22. The van der Waals surface area contributed by atoms with Gasteiger partial charge in [0.2, 0.25) is 0 Å². The maximum absolute atomic E-state index is 13.0. The predicted octanol–water partition coefficient (Wildman–Crippen LogP) is 4.60. The van der Waals surface area contributed by atoms with Crippen LogP contribution in [0.3, 0.4) is 0 Å². The number of thioether (sulfide) groups is 1. The van der Waals surface area contributed by atoms with Gasteiger partial charge >= 0.3 is 0 Å². The number of nitrogen functional groups attached to an aromatic ring is 1. The number of amides is 1. The van der Waals surface area contributed by atoms with Crippen molar-refractivity contribution in [1.82, 2.24) is 4.90 Å². The van der Waals surface area contributed by atoms with Gasteiger partial charge < -0.3 is 15.4 Å². The molecule has 0 fully saturated rings. The summed E-state index contributed by atoms with van der Waals surface area (Å²) in [6, 6.07) is 17.9. The van der Waals surface area contributed by atoms with Crippen LogP contribution in [-0.4, -0.2) is 35.1 Å². The van der Waals surface area contributed by atoms with E-state index in [1.54, 1.807) is 22.7 Å². The summed E-state index contributed by atoms with van der Waals surface area (Å²) in [6.45, 7) is 1.26. The third-order valence-corrected chi connectivity index (χ3v) is 5.97. The van der Waals surface area contributed by atoms with Gasteiger partial charge in [0.1, 0.15) is 18.0 Å². The van der Waals surface area contributed by atoms with E-state index >= 15 is 0 Å². The van der Waals surface area contributed by atoms with Crippen molar-refractivity contribution in [2.45, 2.75) is 11.4 Å². The lowest BCUT2D eigenvalue weighted by atomic mass is 10.0. The number of hydrogen-bond donors (Lipinski definition) is 1. The highest BCUT2D eigenvalue weighted by atomic mass is 32.2. The molecule has 0 saturated carbocycles. The number of benzene rings is 3. The standard InChI is InChI=1S/C23H21N3O4S/c1-31-19-6-2-15(3-7-19)23(27)25-10-11-30-22-9-5-16(12-18(22)14-25)17-4-8-20(24)21(13-17)26(28)29/h2-9,12-13H,10-11,14,24H2,1H3. The molecule has 0 aromatic heterocycles. The molecule has 4 rings (SSSR count). The molecule has 0 atom stereocenters. The quantitative estimate of drug-likeness (QED) is 0.278. The molecule has 0 unspecified atom stereocenters. The van der Waals surface area contributed by atoms with Gasteiger partial charge in [-0.15, -0.1) is 11.8 Å². The molecule has 7 nitrogen and oxygen atoms in total. The Balaban J connectivity index is 1.63. The fourth-order valence-electron chi connectivity index (χ4n) is 3.54. The van der Waals surface area contributed by atoms with Crippen LogP contribution >= 0.6 is 11.8 Å². The van der Waals surface area contributed by atoms with Gasteiger partial charge in [-0.25, -0.2) is 0 Å². The van der Waals surface area contributed by atoms with Gasteiger partial charge in [-0.2, -0.15) is 0 Å². The predicted molar refractivity (Wildman–Crippen MR) is 121 cm³/mol. The van der Waals surface area contributed by atoms with E-state index in [2.05, 4.69) is 0 Å². The topological polar surface area (TPSA) is 98.7 Å². The van der Waals surface area contributed by atoms with Crippen molar-refractivity contribution in [1.29, 1.82) is 0 Å². The second-order valence-electron chi connectivity index (χ2n) is 7.16. The molecule has 0 saturated heterocycles. The summed E-state index contributed by atoms with van der Waals surface area (Å²) in [4.78, 5) is 26.7. The van der Waals surface area contributed by atoms with Crippen molar-refractivity contribution in [3.63, 3.8) is 0 Å². The molecule has 8 heteroatoms. The fraction of sp³-hybridized carbons (Fsp3) is 0.174. The zero-order valence-electron chi connectivity index (χ0n) is 16.9. The van der Waals surface area contributed by atoms with Crippen LogP contribution < -0.4 is 10.5 Å². The summed E-state index contributed by atoms with van der Waals surface area (Å²) < 4.78 is 5.85. The molecule has 31 heavy (non-hydrogen) atoms. The number of nitro groups is 1. The first kappa shape index (κ1) is 20.7. The lowest BCUT2D eigenvalue weighted by molar-refractivity contribution is -0.383. The number of nitrogens with two attached hydrogens (primary N) is 1. The van der Waals surface area contributed by atoms with Gasteiger partial charge in [-0.05, 0) is 59.8 Å². The number of carbonyl (C=O) groups excluding carboxylic acids is 1. The van der Waals surface area contributed by atoms with Crippen LogP contribution in [0.15, 0.2) is 65.6 Å². The van der Waals surface area contributed by atoms with E-state index < -0.39 is 4.92 Å². The Hall–Kier alpha value is -3.52. The van der Waals surface area contributed by atoms with Crippen LogP contribution in [-0.2, 0) is 6.54 Å². The van der Waals surface area contributed by atoms with Crippen LogP contribution in [0.2, 0.25) is 0 Å². The van der Waals surface area contributed by atoms with E-state index in [0.717, 1.165) is 16.0 Å². The Morgan fingerprint density at radius 1 is 1.10 bits per heavy atom. The van der Waals surface area contributed by atoms with Crippen molar-refractivity contribution >= 4 is 29.0 Å². The van der Waals surface area contributed by atoms with Crippen LogP contribution in [0.5, 0.6) is 5.75 Å². The SMILES string of the molecule is CSc1ccc(C(=O)N2CCOc3ccc(-c4ccc(N)c([N+](=O)[O-])c4)cc3C2)cc1. The summed E-state index contributed by atoms with van der Waals surface area (Å²) >= 11 is 1.63. The molecule has 0 spiro atoms. The molecule has 0 bridgehead atoms. The first-order valence-electron chi connectivity index (χ1n) is 9.69. The van der Waals surface area contributed by atoms with Gasteiger partial charge in [0, 0.05) is 28.6 Å². The van der Waals surface area contributed by atoms with Crippen LogP contribution in [0.4, 0.5) is 11.4 Å². The summed E-state index contributed by atoms with van der Waals surface area (Å²) in [5.41, 5.74) is 8.66. The van der Waals surface area contributed by atoms with E-state index in [9.17, 15) is 14.9 Å². The lowest BCUT2D eigenvalue weighted by Crippen LogP contribution is -2.32. The highest BCUT2D eigenvalue weighted by Crippen LogP contribution is 2.33. The average Bonchev–Trinajstić information content (AvgIpc) is 3.00. The maximum atomic E-state index is 13.0. The van der Waals surface area contributed by atoms with Gasteiger partial charge in [0.15, 0.2) is 0 Å². The number of rotatable bonds is 4. The minimum Gasteiger partial charge on any atom is -0.491 e. The second kappa shape index (κ2) is 8.69. The maximum Gasteiger partial charge on any atom is 0.292 e. The zero-order chi connectivity index (χ0) is 22.0. The first-order valence-corrected chi connectivity index (χ1v) is 10.9. The normalized spacial score (nSPS) is 13.1. The molecule has 1 aliphatic heterocycles. The molecule has 1 aliphatic rings. The van der Waals surface area contributed by atoms with Crippen molar-refractivity contribution in [2.75, 3.05) is 25.1 Å². The smallest absolute Gasteiger partial charge is 0.292 e. The van der Waals surface area contributed by atoms with E-state index in [0.29, 0.717) is 36.6 Å². The Morgan fingerprint density at radius 3 is 2.52 bits per heavy atom. The third-order valence-electron chi connectivity index (χ3n) is 5.23. The van der Waals surface area contributed by atoms with E-state index in [4.69, 9.17) is 10.5 Å². The van der Waals surface area contributed by atoms with Gasteiger partial charge in [0.25, 0.3) is 11.6 Å². The van der Waals surface area contributed by atoms with Gasteiger partial charge in [-0.1, -0.05) is 12.1 Å². The average molecular weight is 436 g/mol. The molecule has 1 heterocycles. The highest BCUT2D eigenvalue weighted by molar-refractivity contribution is 7.98. The van der Waals surface area contributed by atoms with Crippen LogP contribution in [0, 0.1) is 10.1 Å². The molecule has 0 aliphatic carbocycles. The molecular formula is C23H21N3O4S. The molecule has 1 amide bonds. The number of nitrogens with zero attached hydrogens (tertiary/aromatic N) is 2. The van der Waals surface area contributed by atoms with Gasteiger partial charge in [-0.3, -0.25) is 14.9 Å². The number of anilines is 1. The summed E-state index contributed by atoms with van der Waals surface area (Å²) in [6.07, 6.45) is 1.99. The zero-order valence-corrected chi connectivity index (χ0v) is 17.7. The Bertz CT molecular complexity index is 1150. The summed E-state index contributed by atoms with van der Waals surface area (Å²) in [5.74, 6) is 0.652. The molecule has 0 radical (unpaired) electrons. The molecule has 2 N–H and O–H groups in total. The lowest BCUT2D eigenvalue weighted by Gasteiger charge is -2.20. The van der Waals surface area contributed by atoms with Crippen LogP contribution in [0.25, 0.3) is 11.1 Å². The minimum absolute atomic E-state index is 0.0578. The van der Waals surface area contributed by atoms with Crippen molar-refractivity contribution in [3.05, 3.63) is 81.9 Å². The Kier molecular flexibility index (Phi) is 5.81. The molecule has 158 valence electrons. The number of fused-ring (bicyclic) bond motifs is 1. The Labute approximate surface area is 184 Å². The van der Waals surface area contributed by atoms with Crippen molar-refractivity contribution in [3.8, 4) is 16.9 Å². The van der Waals surface area contributed by atoms with Crippen molar-refractivity contribution in [2.24, 2.45) is 0 Å². The Morgan fingerprint density at radius 2 is 1.81 bits per heavy atom. The van der Waals surface area contributed by atoms with E-state index in [-0.39, 0.29) is 17.3 Å². The molecule has 3 aromatic carbocycles. The van der Waals surface area contributed by atoms with Crippen molar-refractivity contribution < 1.29 is 14.5 Å². The second-order valence-corrected chi connectivity index (χ2v) is 8.04. The summed E-state index contributed by atoms with van der Waals surface area (Å²) in [7, 11) is 0. The number of carbonyl (C=O) groups is 1. The first-order chi connectivity index (χ1) is 15.0. The molecular weight excluding hydrogens is 414 g/mol. The number of ether oxygens (including phenoxy) is 1. The monoisotopic (exact) mass is 435 g/mol. The van der Waals surface area contributed by atoms with Crippen LogP contribution in [0.1, 0.15) is 15.9 Å². The summed E-state index contributed by atoms with van der Waals surface area (Å²) in [5, 5.41) is 11.2. The largest absolute Gasteiger partial charge is 0.491 e. The molecule has 3 aromatic rings. The van der Waals surface area contributed by atoms with Gasteiger partial charge in [0.05, 0.1) is 11.5 Å². The number of hydrogen-bond acceptors (Lipinski definition) is 6.